The minimum absolute atomic E-state index is 0.170. The highest BCUT2D eigenvalue weighted by atomic mass is 16.2. The summed E-state index contributed by atoms with van der Waals surface area (Å²) in [6, 6.07) is 0. The molecule has 0 spiro atoms. The molecule has 0 fully saturated rings. The van der Waals surface area contributed by atoms with Gasteiger partial charge in [0.1, 0.15) is 0 Å². The summed E-state index contributed by atoms with van der Waals surface area (Å²) in [7, 11) is 0. The minimum Gasteiger partial charge on any atom is -0.273 e. The van der Waals surface area contributed by atoms with Crippen LogP contribution in [0.4, 0.5) is 0 Å². The average Bonchev–Trinajstić information content (AvgIpc) is 2.56. The lowest BCUT2D eigenvalue weighted by Crippen LogP contribution is -2.21. The van der Waals surface area contributed by atoms with E-state index in [0.717, 1.165) is 18.7 Å². The molecule has 0 radical (unpaired) electrons. The monoisotopic (exact) mass is 224 g/mol. The van der Waals surface area contributed by atoms with Crippen molar-refractivity contribution in [3.8, 4) is 0 Å². The van der Waals surface area contributed by atoms with E-state index in [1.54, 1.807) is 5.01 Å². The normalized spacial score (nSPS) is 15.8. The molecule has 1 aliphatic rings. The first-order valence-corrected chi connectivity index (χ1v) is 6.58. The SMILES string of the molecule is CCCCCCCCCN1N=C(C)CC1=O. The van der Waals surface area contributed by atoms with E-state index in [9.17, 15) is 4.79 Å². The van der Waals surface area contributed by atoms with Crippen LogP contribution in [0.3, 0.4) is 0 Å². The van der Waals surface area contributed by atoms with E-state index in [-0.39, 0.29) is 5.91 Å². The van der Waals surface area contributed by atoms with E-state index in [1.165, 1.54) is 38.5 Å². The van der Waals surface area contributed by atoms with E-state index in [0.29, 0.717) is 6.42 Å². The summed E-state index contributed by atoms with van der Waals surface area (Å²) in [5, 5.41) is 5.86. The number of hydrogen-bond donors (Lipinski definition) is 0. The summed E-state index contributed by atoms with van der Waals surface area (Å²) >= 11 is 0. The molecule has 1 amide bonds. The van der Waals surface area contributed by atoms with Gasteiger partial charge in [0.05, 0.1) is 6.42 Å². The number of hydrogen-bond acceptors (Lipinski definition) is 2. The van der Waals surface area contributed by atoms with Crippen LogP contribution in [0.1, 0.15) is 65.2 Å². The molecule has 16 heavy (non-hydrogen) atoms. The molecule has 3 nitrogen and oxygen atoms in total. The van der Waals surface area contributed by atoms with Gasteiger partial charge in [-0.25, -0.2) is 5.01 Å². The van der Waals surface area contributed by atoms with Crippen LogP contribution < -0.4 is 0 Å². The first-order chi connectivity index (χ1) is 7.74. The molecule has 0 aromatic rings. The molecular weight excluding hydrogens is 200 g/mol. The largest absolute Gasteiger partial charge is 0.273 e. The van der Waals surface area contributed by atoms with Gasteiger partial charge < -0.3 is 0 Å². The van der Waals surface area contributed by atoms with E-state index in [2.05, 4.69) is 12.0 Å². The van der Waals surface area contributed by atoms with Crippen LogP contribution in [-0.2, 0) is 4.79 Å². The van der Waals surface area contributed by atoms with Crippen LogP contribution in [0, 0.1) is 0 Å². The van der Waals surface area contributed by atoms with Gasteiger partial charge in [-0.05, 0) is 13.3 Å². The topological polar surface area (TPSA) is 32.7 Å². The lowest BCUT2D eigenvalue weighted by molar-refractivity contribution is -0.128. The van der Waals surface area contributed by atoms with Crippen molar-refractivity contribution in [1.82, 2.24) is 5.01 Å². The van der Waals surface area contributed by atoms with Crippen LogP contribution in [0.5, 0.6) is 0 Å². The van der Waals surface area contributed by atoms with Crippen LogP contribution in [0.25, 0.3) is 0 Å². The van der Waals surface area contributed by atoms with Crippen molar-refractivity contribution in [1.29, 1.82) is 0 Å². The van der Waals surface area contributed by atoms with Gasteiger partial charge >= 0.3 is 0 Å². The maximum atomic E-state index is 11.4. The summed E-state index contributed by atoms with van der Waals surface area (Å²) in [4.78, 5) is 11.4. The highest BCUT2D eigenvalue weighted by Gasteiger charge is 2.19. The van der Waals surface area contributed by atoms with Gasteiger partial charge in [-0.1, -0.05) is 45.4 Å². The maximum absolute atomic E-state index is 11.4. The molecule has 1 rings (SSSR count). The molecule has 0 aliphatic carbocycles. The Bertz CT molecular complexity index is 248. The van der Waals surface area contributed by atoms with Gasteiger partial charge in [-0.3, -0.25) is 4.79 Å². The van der Waals surface area contributed by atoms with E-state index >= 15 is 0 Å². The van der Waals surface area contributed by atoms with Crippen LogP contribution in [-0.4, -0.2) is 23.2 Å². The molecule has 1 heterocycles. The van der Waals surface area contributed by atoms with Crippen molar-refractivity contribution >= 4 is 11.6 Å². The fraction of sp³-hybridized carbons (Fsp3) is 0.846. The fourth-order valence-electron chi connectivity index (χ4n) is 2.00. The molecule has 0 saturated heterocycles. The molecule has 0 N–H and O–H groups in total. The molecule has 0 unspecified atom stereocenters. The number of carbonyl (C=O) groups is 1. The summed E-state index contributed by atoms with van der Waals surface area (Å²) in [6.45, 7) is 4.96. The smallest absolute Gasteiger partial charge is 0.248 e. The Morgan fingerprint density at radius 2 is 1.75 bits per heavy atom. The third-order valence-electron chi connectivity index (χ3n) is 2.96. The molecule has 0 bridgehead atoms. The van der Waals surface area contributed by atoms with E-state index in [4.69, 9.17) is 0 Å². The van der Waals surface area contributed by atoms with Crippen LogP contribution in [0.2, 0.25) is 0 Å². The highest BCUT2D eigenvalue weighted by molar-refractivity contribution is 6.03. The Labute approximate surface area is 98.9 Å². The van der Waals surface area contributed by atoms with Crippen molar-refractivity contribution in [3.63, 3.8) is 0 Å². The maximum Gasteiger partial charge on any atom is 0.248 e. The van der Waals surface area contributed by atoms with Gasteiger partial charge in [0, 0.05) is 12.3 Å². The molecule has 0 aromatic heterocycles. The molecule has 1 aliphatic heterocycles. The second-order valence-corrected chi connectivity index (χ2v) is 4.65. The third kappa shape index (κ3) is 4.77. The number of nitrogens with zero attached hydrogens (tertiary/aromatic N) is 2. The predicted octanol–water partition coefficient (Wildman–Crippen LogP) is 3.35. The number of amides is 1. The lowest BCUT2D eigenvalue weighted by atomic mass is 10.1. The molecule has 0 atom stereocenters. The molecular formula is C13H24N2O. The molecule has 0 aromatic carbocycles. The van der Waals surface area contributed by atoms with Crippen molar-refractivity contribution < 1.29 is 4.79 Å². The first kappa shape index (κ1) is 13.2. The number of hydrazone groups is 1. The minimum atomic E-state index is 0.170. The predicted molar refractivity (Wildman–Crippen MR) is 67.4 cm³/mol. The van der Waals surface area contributed by atoms with Gasteiger partial charge in [-0.2, -0.15) is 5.10 Å². The molecule has 92 valence electrons. The van der Waals surface area contributed by atoms with Crippen LogP contribution in [0.15, 0.2) is 5.10 Å². The second kappa shape index (κ2) is 7.42. The Morgan fingerprint density at radius 3 is 2.31 bits per heavy atom. The number of carbonyl (C=O) groups excluding carboxylic acids is 1. The van der Waals surface area contributed by atoms with E-state index < -0.39 is 0 Å². The molecule has 3 heteroatoms. The zero-order chi connectivity index (χ0) is 11.8. The zero-order valence-corrected chi connectivity index (χ0v) is 10.7. The zero-order valence-electron chi connectivity index (χ0n) is 10.7. The Kier molecular flexibility index (Phi) is 6.12. The van der Waals surface area contributed by atoms with Gasteiger partial charge in [0.25, 0.3) is 0 Å². The first-order valence-electron chi connectivity index (χ1n) is 6.58. The van der Waals surface area contributed by atoms with Crippen molar-refractivity contribution in [2.75, 3.05) is 6.54 Å². The summed E-state index contributed by atoms with van der Waals surface area (Å²) in [5.41, 5.74) is 0.952. The van der Waals surface area contributed by atoms with E-state index in [1.807, 2.05) is 6.92 Å². The average molecular weight is 224 g/mol. The second-order valence-electron chi connectivity index (χ2n) is 4.65. The third-order valence-corrected chi connectivity index (χ3v) is 2.96. The summed E-state index contributed by atoms with van der Waals surface area (Å²) < 4.78 is 0. The Morgan fingerprint density at radius 1 is 1.12 bits per heavy atom. The standard InChI is InChI=1S/C13H24N2O/c1-3-4-5-6-7-8-9-10-15-13(16)11-12(2)14-15/h3-11H2,1-2H3. The highest BCUT2D eigenvalue weighted by Crippen LogP contribution is 2.11. The quantitative estimate of drug-likeness (QED) is 0.582. The van der Waals surface area contributed by atoms with Gasteiger partial charge in [0.2, 0.25) is 5.91 Å². The van der Waals surface area contributed by atoms with Crippen LogP contribution >= 0.6 is 0 Å². The Hall–Kier alpha value is -0.860. The van der Waals surface area contributed by atoms with Gasteiger partial charge in [-0.15, -0.1) is 0 Å². The Balaban J connectivity index is 1.97. The summed E-state index contributed by atoms with van der Waals surface area (Å²) in [6.07, 6.45) is 9.49. The summed E-state index contributed by atoms with van der Waals surface area (Å²) in [5.74, 6) is 0.170. The lowest BCUT2D eigenvalue weighted by Gasteiger charge is -2.10. The van der Waals surface area contributed by atoms with Gasteiger partial charge in [0.15, 0.2) is 0 Å². The van der Waals surface area contributed by atoms with Crippen molar-refractivity contribution in [3.05, 3.63) is 0 Å². The fourth-order valence-corrected chi connectivity index (χ4v) is 2.00. The van der Waals surface area contributed by atoms with Crippen molar-refractivity contribution in [2.45, 2.75) is 65.2 Å². The number of rotatable bonds is 8. The number of unbranched alkanes of at least 4 members (excludes halogenated alkanes) is 6. The molecule has 0 saturated carbocycles. The van der Waals surface area contributed by atoms with Crippen molar-refractivity contribution in [2.24, 2.45) is 5.10 Å².